The van der Waals surface area contributed by atoms with Gasteiger partial charge < -0.3 is 0 Å². The highest BCUT2D eigenvalue weighted by molar-refractivity contribution is 9.18. The minimum Gasteiger partial charge on any atom is -0.285 e. The van der Waals surface area contributed by atoms with Crippen molar-refractivity contribution < 1.29 is 4.79 Å². The molecule has 0 saturated heterocycles. The SMILES string of the molecule is CCCC(Cl)(CC)C(=O)Br. The third-order valence-electron chi connectivity index (χ3n) is 1.56. The Morgan fingerprint density at radius 1 is 1.60 bits per heavy atom. The van der Waals surface area contributed by atoms with E-state index in [1.165, 1.54) is 0 Å². The van der Waals surface area contributed by atoms with E-state index in [0.717, 1.165) is 12.8 Å². The zero-order valence-electron chi connectivity index (χ0n) is 6.29. The summed E-state index contributed by atoms with van der Waals surface area (Å²) in [5.74, 6) is 0. The second kappa shape index (κ2) is 4.35. The predicted molar refractivity (Wildman–Crippen MR) is 47.7 cm³/mol. The number of hydrogen-bond acceptors (Lipinski definition) is 1. The van der Waals surface area contributed by atoms with Crippen LogP contribution in [-0.4, -0.2) is 9.57 Å². The van der Waals surface area contributed by atoms with Gasteiger partial charge in [0.15, 0.2) is 0 Å². The molecular weight excluding hydrogens is 215 g/mol. The topological polar surface area (TPSA) is 17.1 Å². The Balaban J connectivity index is 4.08. The summed E-state index contributed by atoms with van der Waals surface area (Å²) in [5.41, 5.74) is 0. The fraction of sp³-hybridized carbons (Fsp3) is 0.857. The average molecular weight is 228 g/mol. The maximum absolute atomic E-state index is 10.9. The number of carbonyl (C=O) groups is 1. The van der Waals surface area contributed by atoms with Crippen molar-refractivity contribution in [2.45, 2.75) is 38.0 Å². The van der Waals surface area contributed by atoms with Crippen LogP contribution in [0.25, 0.3) is 0 Å². The van der Waals surface area contributed by atoms with Crippen LogP contribution in [0, 0.1) is 0 Å². The van der Waals surface area contributed by atoms with Crippen LogP contribution in [-0.2, 0) is 4.79 Å². The van der Waals surface area contributed by atoms with E-state index in [1.54, 1.807) is 0 Å². The Kier molecular flexibility index (Phi) is 4.54. The summed E-state index contributed by atoms with van der Waals surface area (Å²) in [5, 5.41) is 0. The van der Waals surface area contributed by atoms with E-state index < -0.39 is 4.87 Å². The van der Waals surface area contributed by atoms with Gasteiger partial charge in [-0.25, -0.2) is 0 Å². The van der Waals surface area contributed by atoms with E-state index in [2.05, 4.69) is 15.9 Å². The quantitative estimate of drug-likeness (QED) is 0.533. The van der Waals surface area contributed by atoms with Crippen molar-refractivity contribution in [1.29, 1.82) is 0 Å². The molecule has 0 aliphatic rings. The molecular formula is C7H12BrClO. The highest BCUT2D eigenvalue weighted by Gasteiger charge is 2.30. The van der Waals surface area contributed by atoms with Crippen molar-refractivity contribution in [2.24, 2.45) is 0 Å². The molecule has 0 fully saturated rings. The summed E-state index contributed by atoms with van der Waals surface area (Å²) in [6.45, 7) is 3.94. The second-order valence-electron chi connectivity index (χ2n) is 2.34. The second-order valence-corrected chi connectivity index (χ2v) is 3.79. The van der Waals surface area contributed by atoms with E-state index in [4.69, 9.17) is 11.6 Å². The van der Waals surface area contributed by atoms with E-state index >= 15 is 0 Å². The van der Waals surface area contributed by atoms with Gasteiger partial charge in [-0.3, -0.25) is 4.79 Å². The summed E-state index contributed by atoms with van der Waals surface area (Å²) in [6.07, 6.45) is 2.37. The first-order valence-electron chi connectivity index (χ1n) is 3.45. The molecule has 0 heterocycles. The van der Waals surface area contributed by atoms with E-state index in [1.807, 2.05) is 13.8 Å². The van der Waals surface area contributed by atoms with Crippen molar-refractivity contribution in [2.75, 3.05) is 0 Å². The molecule has 0 aromatic rings. The third-order valence-corrected chi connectivity index (χ3v) is 3.17. The van der Waals surface area contributed by atoms with E-state index in [-0.39, 0.29) is 4.69 Å². The molecule has 0 amide bonds. The molecule has 1 unspecified atom stereocenters. The third kappa shape index (κ3) is 2.59. The minimum absolute atomic E-state index is 0.0917. The number of halogens is 2. The summed E-state index contributed by atoms with van der Waals surface area (Å²) in [6, 6.07) is 0. The monoisotopic (exact) mass is 226 g/mol. The molecule has 0 aliphatic carbocycles. The maximum atomic E-state index is 10.9. The van der Waals surface area contributed by atoms with Crippen LogP contribution >= 0.6 is 27.5 Å². The lowest BCUT2D eigenvalue weighted by Gasteiger charge is -2.19. The zero-order valence-corrected chi connectivity index (χ0v) is 8.63. The van der Waals surface area contributed by atoms with Crippen molar-refractivity contribution in [3.05, 3.63) is 0 Å². The van der Waals surface area contributed by atoms with E-state index in [9.17, 15) is 4.79 Å². The Morgan fingerprint density at radius 2 is 2.10 bits per heavy atom. The van der Waals surface area contributed by atoms with Crippen LogP contribution in [0.2, 0.25) is 0 Å². The molecule has 60 valence electrons. The van der Waals surface area contributed by atoms with Gasteiger partial charge in [0, 0.05) is 0 Å². The summed E-state index contributed by atoms with van der Waals surface area (Å²) in [4.78, 5) is 10.2. The van der Waals surface area contributed by atoms with Crippen molar-refractivity contribution in [1.82, 2.24) is 0 Å². The predicted octanol–water partition coefficient (Wildman–Crippen LogP) is 3.10. The first-order chi connectivity index (χ1) is 4.56. The molecule has 0 aromatic heterocycles. The minimum atomic E-state index is -0.658. The number of carbonyl (C=O) groups excluding carboxylic acids is 1. The Labute approximate surface area is 75.3 Å². The van der Waals surface area contributed by atoms with Crippen LogP contribution < -0.4 is 0 Å². The van der Waals surface area contributed by atoms with Crippen molar-refractivity contribution in [3.63, 3.8) is 0 Å². The van der Waals surface area contributed by atoms with Gasteiger partial charge in [-0.2, -0.15) is 0 Å². The average Bonchev–Trinajstić information content (AvgIpc) is 1.88. The Bertz CT molecular complexity index is 127. The summed E-state index contributed by atoms with van der Waals surface area (Å²) in [7, 11) is 0. The van der Waals surface area contributed by atoms with Gasteiger partial charge in [-0.15, -0.1) is 11.6 Å². The molecule has 0 N–H and O–H groups in total. The summed E-state index contributed by atoms with van der Waals surface area (Å²) < 4.78 is -0.0917. The summed E-state index contributed by atoms with van der Waals surface area (Å²) >= 11 is 8.85. The first-order valence-corrected chi connectivity index (χ1v) is 4.62. The normalized spacial score (nSPS) is 16.4. The molecule has 0 rings (SSSR count). The lowest BCUT2D eigenvalue weighted by atomic mass is 10.0. The van der Waals surface area contributed by atoms with Gasteiger partial charge in [0.2, 0.25) is 4.69 Å². The van der Waals surface area contributed by atoms with Gasteiger partial charge >= 0.3 is 0 Å². The van der Waals surface area contributed by atoms with Crippen molar-refractivity contribution in [3.8, 4) is 0 Å². The molecule has 0 aromatic carbocycles. The molecule has 0 saturated carbocycles. The fourth-order valence-corrected chi connectivity index (χ4v) is 1.48. The molecule has 1 atom stereocenters. The highest BCUT2D eigenvalue weighted by atomic mass is 79.9. The molecule has 0 aliphatic heterocycles. The molecule has 3 heteroatoms. The smallest absolute Gasteiger partial charge is 0.218 e. The van der Waals surface area contributed by atoms with Gasteiger partial charge in [-0.05, 0) is 28.8 Å². The zero-order chi connectivity index (χ0) is 8.20. The van der Waals surface area contributed by atoms with Crippen LogP contribution in [0.1, 0.15) is 33.1 Å². The first kappa shape index (κ1) is 10.4. The lowest BCUT2D eigenvalue weighted by molar-refractivity contribution is -0.112. The largest absolute Gasteiger partial charge is 0.285 e. The van der Waals surface area contributed by atoms with Gasteiger partial charge in [0.1, 0.15) is 4.87 Å². The van der Waals surface area contributed by atoms with Crippen LogP contribution in [0.15, 0.2) is 0 Å². The number of hydrogen-bond donors (Lipinski definition) is 0. The van der Waals surface area contributed by atoms with Crippen LogP contribution in [0.3, 0.4) is 0 Å². The van der Waals surface area contributed by atoms with Gasteiger partial charge in [0.05, 0.1) is 0 Å². The van der Waals surface area contributed by atoms with Crippen LogP contribution in [0.5, 0.6) is 0 Å². The molecule has 0 spiro atoms. The number of rotatable bonds is 4. The van der Waals surface area contributed by atoms with Crippen molar-refractivity contribution >= 4 is 32.2 Å². The standard InChI is InChI=1S/C7H12BrClO/c1-3-5-7(9,4-2)6(8)10/h3-5H2,1-2H3. The van der Waals surface area contributed by atoms with Gasteiger partial charge in [0.25, 0.3) is 0 Å². The maximum Gasteiger partial charge on any atom is 0.218 e. The van der Waals surface area contributed by atoms with Crippen LogP contribution in [0.4, 0.5) is 0 Å². The fourth-order valence-electron chi connectivity index (χ4n) is 0.810. The Morgan fingerprint density at radius 3 is 2.20 bits per heavy atom. The van der Waals surface area contributed by atoms with E-state index in [0.29, 0.717) is 6.42 Å². The molecule has 10 heavy (non-hydrogen) atoms. The molecule has 1 nitrogen and oxygen atoms in total. The Hall–Kier alpha value is 0.440. The van der Waals surface area contributed by atoms with Gasteiger partial charge in [-0.1, -0.05) is 20.3 Å². The lowest BCUT2D eigenvalue weighted by Crippen LogP contribution is -2.27. The molecule has 0 radical (unpaired) electrons. The highest BCUT2D eigenvalue weighted by Crippen LogP contribution is 2.28. The molecule has 0 bridgehead atoms. The number of alkyl halides is 1.